The summed E-state index contributed by atoms with van der Waals surface area (Å²) in [7, 11) is 0. The molecule has 3 nitrogen and oxygen atoms in total. The van der Waals surface area contributed by atoms with E-state index in [1.807, 2.05) is 0 Å². The normalized spacial score (nSPS) is 29.5. The van der Waals surface area contributed by atoms with Crippen LogP contribution in [0.3, 0.4) is 0 Å². The molecule has 2 atom stereocenters. The molecule has 3 heteroatoms. The molecule has 0 aromatic heterocycles. The molecule has 2 N–H and O–H groups in total. The van der Waals surface area contributed by atoms with E-state index < -0.39 is 0 Å². The number of carbonyl (C=O) groups excluding carboxylic acids is 1. The van der Waals surface area contributed by atoms with Crippen LogP contribution in [0.1, 0.15) is 30.4 Å². The monoisotopic (exact) mass is 244 g/mol. The molecule has 1 aromatic rings. The molecule has 2 aliphatic rings. The van der Waals surface area contributed by atoms with Crippen molar-refractivity contribution in [3.63, 3.8) is 0 Å². The zero-order valence-electron chi connectivity index (χ0n) is 10.8. The lowest BCUT2D eigenvalue weighted by Crippen LogP contribution is -2.43. The molecule has 1 aliphatic heterocycles. The third-order valence-corrected chi connectivity index (χ3v) is 4.39. The number of benzene rings is 1. The topological polar surface area (TPSA) is 41.1 Å². The van der Waals surface area contributed by atoms with Gasteiger partial charge in [-0.3, -0.25) is 4.79 Å². The highest BCUT2D eigenvalue weighted by Gasteiger charge is 2.36. The van der Waals surface area contributed by atoms with E-state index >= 15 is 0 Å². The molecule has 0 radical (unpaired) electrons. The summed E-state index contributed by atoms with van der Waals surface area (Å²) >= 11 is 0. The molecule has 0 spiro atoms. The molecule has 2 unspecified atom stereocenters. The lowest BCUT2D eigenvalue weighted by Gasteiger charge is -2.31. The minimum atomic E-state index is -0.205. The Morgan fingerprint density at radius 3 is 3.06 bits per heavy atom. The van der Waals surface area contributed by atoms with Crippen molar-refractivity contribution in [1.29, 1.82) is 0 Å². The van der Waals surface area contributed by atoms with Crippen molar-refractivity contribution in [2.45, 2.75) is 25.7 Å². The molecule has 1 aromatic carbocycles. The summed E-state index contributed by atoms with van der Waals surface area (Å²) in [6, 6.07) is 8.51. The number of amides is 1. The molecule has 18 heavy (non-hydrogen) atoms. The number of hydrogen-bond acceptors (Lipinski definition) is 2. The summed E-state index contributed by atoms with van der Waals surface area (Å²) in [6.45, 7) is 4.60. The molecule has 96 valence electrons. The fourth-order valence-electron chi connectivity index (χ4n) is 2.98. The van der Waals surface area contributed by atoms with Crippen LogP contribution in [0, 0.1) is 5.41 Å². The van der Waals surface area contributed by atoms with E-state index in [4.69, 9.17) is 0 Å². The second-order valence-electron chi connectivity index (χ2n) is 5.80. The van der Waals surface area contributed by atoms with E-state index in [0.29, 0.717) is 5.92 Å². The van der Waals surface area contributed by atoms with Crippen molar-refractivity contribution in [2.75, 3.05) is 19.6 Å². The maximum atomic E-state index is 12.2. The van der Waals surface area contributed by atoms with Crippen molar-refractivity contribution >= 4 is 5.91 Å². The van der Waals surface area contributed by atoms with Crippen LogP contribution in [0.5, 0.6) is 0 Å². The van der Waals surface area contributed by atoms with Gasteiger partial charge in [-0.2, -0.15) is 0 Å². The minimum Gasteiger partial charge on any atom is -0.355 e. The van der Waals surface area contributed by atoms with E-state index in [1.54, 1.807) is 0 Å². The zero-order chi connectivity index (χ0) is 12.6. The first kappa shape index (κ1) is 11.7. The summed E-state index contributed by atoms with van der Waals surface area (Å²) in [5, 5.41) is 6.39. The fourth-order valence-corrected chi connectivity index (χ4v) is 2.98. The van der Waals surface area contributed by atoms with Gasteiger partial charge in [-0.05, 0) is 37.4 Å². The van der Waals surface area contributed by atoms with Gasteiger partial charge in [0.25, 0.3) is 0 Å². The molecule has 0 bridgehead atoms. The maximum absolute atomic E-state index is 12.2. The standard InChI is InChI=1S/C15H20N2O/c1-15(6-7-16-10-15)14(18)17-9-12-8-11-4-2-3-5-13(11)12/h2-5,12,16H,6-10H2,1H3,(H,17,18). The predicted molar refractivity (Wildman–Crippen MR) is 71.5 cm³/mol. The van der Waals surface area contributed by atoms with E-state index in [0.717, 1.165) is 32.5 Å². The second-order valence-corrected chi connectivity index (χ2v) is 5.80. The third kappa shape index (κ3) is 1.93. The molecule has 1 amide bonds. The first-order valence-corrected chi connectivity index (χ1v) is 6.76. The fraction of sp³-hybridized carbons (Fsp3) is 0.533. The smallest absolute Gasteiger partial charge is 0.227 e. The second kappa shape index (κ2) is 4.39. The van der Waals surface area contributed by atoms with Crippen LogP contribution in [0.25, 0.3) is 0 Å². The van der Waals surface area contributed by atoms with Crippen LogP contribution in [0.2, 0.25) is 0 Å². The van der Waals surface area contributed by atoms with Crippen LogP contribution < -0.4 is 10.6 Å². The summed E-state index contributed by atoms with van der Waals surface area (Å²) in [6.07, 6.45) is 2.05. The Morgan fingerprint density at radius 1 is 1.50 bits per heavy atom. The van der Waals surface area contributed by atoms with Crippen molar-refractivity contribution < 1.29 is 4.79 Å². The summed E-state index contributed by atoms with van der Waals surface area (Å²) in [4.78, 5) is 12.2. The summed E-state index contributed by atoms with van der Waals surface area (Å²) in [5.74, 6) is 0.722. The number of fused-ring (bicyclic) bond motifs is 1. The largest absolute Gasteiger partial charge is 0.355 e. The van der Waals surface area contributed by atoms with Gasteiger partial charge in [0, 0.05) is 19.0 Å². The van der Waals surface area contributed by atoms with E-state index in [9.17, 15) is 4.79 Å². The summed E-state index contributed by atoms with van der Waals surface area (Å²) < 4.78 is 0. The van der Waals surface area contributed by atoms with Crippen LogP contribution in [-0.4, -0.2) is 25.5 Å². The van der Waals surface area contributed by atoms with Crippen LogP contribution in [-0.2, 0) is 11.2 Å². The summed E-state index contributed by atoms with van der Waals surface area (Å²) in [5.41, 5.74) is 2.64. The molecule has 1 aliphatic carbocycles. The van der Waals surface area contributed by atoms with Gasteiger partial charge in [0.05, 0.1) is 5.41 Å². The molecule has 0 saturated carbocycles. The van der Waals surface area contributed by atoms with Gasteiger partial charge in [-0.15, -0.1) is 0 Å². The SMILES string of the molecule is CC1(C(=O)NCC2Cc3ccccc32)CCNC1. The molecular formula is C15H20N2O. The number of carbonyl (C=O) groups is 1. The van der Waals surface area contributed by atoms with Gasteiger partial charge < -0.3 is 10.6 Å². The lowest BCUT2D eigenvalue weighted by molar-refractivity contribution is -0.129. The average molecular weight is 244 g/mol. The highest BCUT2D eigenvalue weighted by atomic mass is 16.2. The van der Waals surface area contributed by atoms with Gasteiger partial charge in [0.15, 0.2) is 0 Å². The predicted octanol–water partition coefficient (Wildman–Crippen LogP) is 1.44. The zero-order valence-corrected chi connectivity index (χ0v) is 10.8. The molecule has 3 rings (SSSR count). The van der Waals surface area contributed by atoms with Crippen LogP contribution in [0.4, 0.5) is 0 Å². The van der Waals surface area contributed by atoms with Gasteiger partial charge in [0.1, 0.15) is 0 Å². The molecule has 1 saturated heterocycles. The first-order chi connectivity index (χ1) is 8.69. The van der Waals surface area contributed by atoms with Gasteiger partial charge in [0.2, 0.25) is 5.91 Å². The van der Waals surface area contributed by atoms with Crippen LogP contribution >= 0.6 is 0 Å². The number of hydrogen-bond donors (Lipinski definition) is 2. The Labute approximate surface area is 108 Å². The minimum absolute atomic E-state index is 0.205. The molecule has 1 fully saturated rings. The Morgan fingerprint density at radius 2 is 2.33 bits per heavy atom. The average Bonchev–Trinajstić information content (AvgIpc) is 2.78. The molecule has 1 heterocycles. The Kier molecular flexibility index (Phi) is 2.86. The van der Waals surface area contributed by atoms with Crippen LogP contribution in [0.15, 0.2) is 24.3 Å². The van der Waals surface area contributed by atoms with Crippen molar-refractivity contribution in [3.8, 4) is 0 Å². The first-order valence-electron chi connectivity index (χ1n) is 6.76. The number of nitrogens with one attached hydrogen (secondary N) is 2. The van der Waals surface area contributed by atoms with Crippen molar-refractivity contribution in [3.05, 3.63) is 35.4 Å². The third-order valence-electron chi connectivity index (χ3n) is 4.39. The highest BCUT2D eigenvalue weighted by Crippen LogP contribution is 2.34. The maximum Gasteiger partial charge on any atom is 0.227 e. The molecular weight excluding hydrogens is 224 g/mol. The van der Waals surface area contributed by atoms with Crippen molar-refractivity contribution in [2.24, 2.45) is 5.41 Å². The van der Waals surface area contributed by atoms with Gasteiger partial charge >= 0.3 is 0 Å². The van der Waals surface area contributed by atoms with E-state index in [-0.39, 0.29) is 11.3 Å². The van der Waals surface area contributed by atoms with E-state index in [1.165, 1.54) is 11.1 Å². The Bertz CT molecular complexity index is 463. The quantitative estimate of drug-likeness (QED) is 0.845. The highest BCUT2D eigenvalue weighted by molar-refractivity contribution is 5.83. The van der Waals surface area contributed by atoms with Crippen molar-refractivity contribution in [1.82, 2.24) is 10.6 Å². The number of rotatable bonds is 3. The lowest BCUT2D eigenvalue weighted by atomic mass is 9.77. The van der Waals surface area contributed by atoms with Gasteiger partial charge in [-0.1, -0.05) is 24.3 Å². The van der Waals surface area contributed by atoms with E-state index in [2.05, 4.69) is 41.8 Å². The Hall–Kier alpha value is -1.35. The van der Waals surface area contributed by atoms with Gasteiger partial charge in [-0.25, -0.2) is 0 Å². The Balaban J connectivity index is 1.56.